The van der Waals surface area contributed by atoms with Crippen molar-refractivity contribution in [2.45, 2.75) is 84.6 Å². The molecule has 1 fully saturated rings. The van der Waals surface area contributed by atoms with E-state index in [1.54, 1.807) is 0 Å². The normalized spacial score (nSPS) is 25.0. The molecule has 2 N–H and O–H groups in total. The Kier molecular flexibility index (Phi) is 5.42. The number of hydrogen-bond donors (Lipinski definition) is 1. The molecule has 0 aliphatic heterocycles. The highest BCUT2D eigenvalue weighted by molar-refractivity contribution is 4.99. The highest BCUT2D eigenvalue weighted by Crippen LogP contribution is 2.36. The standard InChI is InChI=1S/C17H31N3O/c1-5-12-7-6-8-13(9-12)16-19-15(21-20-16)10-14(18)11-17(2,3)4/h12-14H,5-11,18H2,1-4H3. The van der Waals surface area contributed by atoms with Crippen LogP contribution in [0.5, 0.6) is 0 Å². The summed E-state index contributed by atoms with van der Waals surface area (Å²) in [5.41, 5.74) is 6.43. The maximum absolute atomic E-state index is 6.20. The van der Waals surface area contributed by atoms with Crippen molar-refractivity contribution in [1.82, 2.24) is 10.1 Å². The Labute approximate surface area is 128 Å². The molecular formula is C17H31N3O. The van der Waals surface area contributed by atoms with E-state index in [4.69, 9.17) is 10.3 Å². The molecule has 4 nitrogen and oxygen atoms in total. The summed E-state index contributed by atoms with van der Waals surface area (Å²) in [5.74, 6) is 2.93. The van der Waals surface area contributed by atoms with E-state index in [1.165, 1.54) is 32.1 Å². The Morgan fingerprint density at radius 2 is 2.10 bits per heavy atom. The van der Waals surface area contributed by atoms with Gasteiger partial charge in [-0.05, 0) is 30.6 Å². The summed E-state index contributed by atoms with van der Waals surface area (Å²) in [6, 6.07) is 0.0908. The van der Waals surface area contributed by atoms with Crippen LogP contribution in [0.1, 0.15) is 83.9 Å². The lowest BCUT2D eigenvalue weighted by molar-refractivity contribution is 0.294. The molecule has 1 aliphatic rings. The van der Waals surface area contributed by atoms with Gasteiger partial charge in [-0.15, -0.1) is 0 Å². The van der Waals surface area contributed by atoms with Crippen molar-refractivity contribution in [2.75, 3.05) is 0 Å². The summed E-state index contributed by atoms with van der Waals surface area (Å²) < 4.78 is 5.43. The number of nitrogens with two attached hydrogens (primary N) is 1. The number of hydrogen-bond acceptors (Lipinski definition) is 4. The molecule has 1 aromatic heterocycles. The van der Waals surface area contributed by atoms with Crippen molar-refractivity contribution < 1.29 is 4.52 Å². The van der Waals surface area contributed by atoms with Gasteiger partial charge in [0.05, 0.1) is 0 Å². The molecule has 0 spiro atoms. The number of nitrogens with zero attached hydrogens (tertiary/aromatic N) is 2. The third kappa shape index (κ3) is 5.10. The van der Waals surface area contributed by atoms with Gasteiger partial charge >= 0.3 is 0 Å². The fraction of sp³-hybridized carbons (Fsp3) is 0.882. The molecule has 21 heavy (non-hydrogen) atoms. The summed E-state index contributed by atoms with van der Waals surface area (Å²) in [5, 5.41) is 4.22. The van der Waals surface area contributed by atoms with Crippen LogP contribution in [-0.2, 0) is 6.42 Å². The van der Waals surface area contributed by atoms with Crippen LogP contribution in [-0.4, -0.2) is 16.2 Å². The van der Waals surface area contributed by atoms with Gasteiger partial charge in [-0.2, -0.15) is 4.98 Å². The maximum Gasteiger partial charge on any atom is 0.228 e. The first-order chi connectivity index (χ1) is 9.87. The van der Waals surface area contributed by atoms with Crippen LogP contribution in [0.25, 0.3) is 0 Å². The second-order valence-electron chi connectivity index (χ2n) is 7.91. The maximum atomic E-state index is 6.20. The molecule has 1 aliphatic carbocycles. The Morgan fingerprint density at radius 3 is 2.76 bits per heavy atom. The Hall–Kier alpha value is -0.900. The molecule has 2 rings (SSSR count). The fourth-order valence-electron chi connectivity index (χ4n) is 3.50. The highest BCUT2D eigenvalue weighted by Gasteiger charge is 2.26. The lowest BCUT2D eigenvalue weighted by Crippen LogP contribution is -2.28. The van der Waals surface area contributed by atoms with Gasteiger partial charge in [0.1, 0.15) is 0 Å². The molecular weight excluding hydrogens is 262 g/mol. The van der Waals surface area contributed by atoms with Gasteiger partial charge in [-0.25, -0.2) is 0 Å². The van der Waals surface area contributed by atoms with Crippen LogP contribution < -0.4 is 5.73 Å². The van der Waals surface area contributed by atoms with Crippen molar-refractivity contribution in [3.63, 3.8) is 0 Å². The number of rotatable bonds is 5. The van der Waals surface area contributed by atoms with Gasteiger partial charge in [-0.1, -0.05) is 52.1 Å². The van der Waals surface area contributed by atoms with Crippen LogP contribution in [0.4, 0.5) is 0 Å². The molecule has 0 radical (unpaired) electrons. The van der Waals surface area contributed by atoms with Gasteiger partial charge in [0.2, 0.25) is 5.89 Å². The van der Waals surface area contributed by atoms with Crippen LogP contribution in [0.15, 0.2) is 4.52 Å². The third-order valence-electron chi connectivity index (χ3n) is 4.52. The fourth-order valence-corrected chi connectivity index (χ4v) is 3.50. The molecule has 1 heterocycles. The topological polar surface area (TPSA) is 64.9 Å². The SMILES string of the molecule is CCC1CCCC(c2noc(CC(N)CC(C)(C)C)n2)C1. The first-order valence-corrected chi connectivity index (χ1v) is 8.45. The van der Waals surface area contributed by atoms with E-state index in [0.717, 1.165) is 18.2 Å². The quantitative estimate of drug-likeness (QED) is 0.889. The third-order valence-corrected chi connectivity index (χ3v) is 4.52. The van der Waals surface area contributed by atoms with Gasteiger partial charge in [0, 0.05) is 18.4 Å². The lowest BCUT2D eigenvalue weighted by atomic mass is 9.80. The van der Waals surface area contributed by atoms with E-state index in [0.29, 0.717) is 18.2 Å². The second kappa shape index (κ2) is 6.91. The van der Waals surface area contributed by atoms with Crippen molar-refractivity contribution in [1.29, 1.82) is 0 Å². The predicted octanol–water partition coefficient (Wildman–Crippen LogP) is 4.06. The summed E-state index contributed by atoms with van der Waals surface area (Å²) in [7, 11) is 0. The highest BCUT2D eigenvalue weighted by atomic mass is 16.5. The Balaban J connectivity index is 1.92. The average Bonchev–Trinajstić information content (AvgIpc) is 2.85. The van der Waals surface area contributed by atoms with Gasteiger partial charge < -0.3 is 10.3 Å². The Bertz CT molecular complexity index is 435. The second-order valence-corrected chi connectivity index (χ2v) is 7.91. The summed E-state index contributed by atoms with van der Waals surface area (Å²) in [6.45, 7) is 8.90. The van der Waals surface area contributed by atoms with E-state index >= 15 is 0 Å². The Morgan fingerprint density at radius 1 is 1.33 bits per heavy atom. The van der Waals surface area contributed by atoms with E-state index in [9.17, 15) is 0 Å². The summed E-state index contributed by atoms with van der Waals surface area (Å²) in [6.07, 6.45) is 7.97. The van der Waals surface area contributed by atoms with Gasteiger partial charge in [-0.3, -0.25) is 0 Å². The van der Waals surface area contributed by atoms with Crippen molar-refractivity contribution in [3.8, 4) is 0 Å². The van der Waals surface area contributed by atoms with E-state index in [1.807, 2.05) is 0 Å². The average molecular weight is 293 g/mol. The monoisotopic (exact) mass is 293 g/mol. The first kappa shape index (κ1) is 16.5. The first-order valence-electron chi connectivity index (χ1n) is 8.45. The summed E-state index contributed by atoms with van der Waals surface area (Å²) in [4.78, 5) is 4.61. The minimum absolute atomic E-state index is 0.0908. The van der Waals surface area contributed by atoms with Crippen molar-refractivity contribution in [2.24, 2.45) is 17.1 Å². The van der Waals surface area contributed by atoms with E-state index in [-0.39, 0.29) is 11.5 Å². The van der Waals surface area contributed by atoms with Gasteiger partial charge in [0.15, 0.2) is 5.82 Å². The molecule has 0 aromatic carbocycles. The molecule has 0 amide bonds. The van der Waals surface area contributed by atoms with Crippen LogP contribution in [0, 0.1) is 11.3 Å². The minimum atomic E-state index is 0.0908. The predicted molar refractivity (Wildman–Crippen MR) is 85.0 cm³/mol. The zero-order chi connectivity index (χ0) is 15.5. The smallest absolute Gasteiger partial charge is 0.228 e. The van der Waals surface area contributed by atoms with Crippen molar-refractivity contribution >= 4 is 0 Å². The minimum Gasteiger partial charge on any atom is -0.339 e. The lowest BCUT2D eigenvalue weighted by Gasteiger charge is -2.26. The molecule has 120 valence electrons. The zero-order valence-corrected chi connectivity index (χ0v) is 14.1. The van der Waals surface area contributed by atoms with E-state index < -0.39 is 0 Å². The molecule has 0 bridgehead atoms. The molecule has 1 saturated carbocycles. The molecule has 0 saturated heterocycles. The van der Waals surface area contributed by atoms with Crippen LogP contribution in [0.2, 0.25) is 0 Å². The van der Waals surface area contributed by atoms with Gasteiger partial charge in [0.25, 0.3) is 0 Å². The molecule has 3 atom stereocenters. The molecule has 3 unspecified atom stereocenters. The molecule has 4 heteroatoms. The van der Waals surface area contributed by atoms with E-state index in [2.05, 4.69) is 37.8 Å². The summed E-state index contributed by atoms with van der Waals surface area (Å²) >= 11 is 0. The zero-order valence-electron chi connectivity index (χ0n) is 14.1. The molecule has 1 aromatic rings. The largest absolute Gasteiger partial charge is 0.339 e. The number of aromatic nitrogens is 2. The van der Waals surface area contributed by atoms with Crippen LogP contribution >= 0.6 is 0 Å². The van der Waals surface area contributed by atoms with Crippen LogP contribution in [0.3, 0.4) is 0 Å². The van der Waals surface area contributed by atoms with Crippen molar-refractivity contribution in [3.05, 3.63) is 11.7 Å².